The largest absolute Gasteiger partial charge is 0.396 e. The molecule has 0 aliphatic carbocycles. The molecule has 2 rings (SSSR count). The molecule has 0 bridgehead atoms. The second kappa shape index (κ2) is 4.30. The van der Waals surface area contributed by atoms with Crippen LogP contribution in [0.25, 0.3) is 0 Å². The molecule has 0 atom stereocenters. The number of aromatic nitrogens is 2. The number of nitrogens with one attached hydrogen (secondary N) is 2. The van der Waals surface area contributed by atoms with E-state index in [-0.39, 0.29) is 16.4 Å². The first-order valence-corrected chi connectivity index (χ1v) is 6.46. The van der Waals surface area contributed by atoms with E-state index in [1.807, 2.05) is 0 Å². The summed E-state index contributed by atoms with van der Waals surface area (Å²) in [6.07, 6.45) is 1.47. The van der Waals surface area contributed by atoms with Crippen LogP contribution >= 0.6 is 0 Å². The molecule has 0 fully saturated rings. The summed E-state index contributed by atoms with van der Waals surface area (Å²) < 4.78 is 39.4. The zero-order valence-corrected chi connectivity index (χ0v) is 10.3. The van der Waals surface area contributed by atoms with Gasteiger partial charge < -0.3 is 5.73 Å². The van der Waals surface area contributed by atoms with E-state index in [2.05, 4.69) is 14.9 Å². The molecular weight excluding hydrogens is 259 g/mol. The fourth-order valence-corrected chi connectivity index (χ4v) is 2.42. The van der Waals surface area contributed by atoms with Gasteiger partial charge in [-0.3, -0.25) is 9.82 Å². The highest BCUT2D eigenvalue weighted by Gasteiger charge is 2.17. The van der Waals surface area contributed by atoms with Crippen molar-refractivity contribution < 1.29 is 12.8 Å². The van der Waals surface area contributed by atoms with Gasteiger partial charge in [0, 0.05) is 5.56 Å². The highest BCUT2D eigenvalue weighted by Crippen LogP contribution is 2.19. The fraction of sp³-hybridized carbons (Fsp3) is 0.100. The Morgan fingerprint density at radius 2 is 2.17 bits per heavy atom. The van der Waals surface area contributed by atoms with Crippen LogP contribution in [-0.2, 0) is 10.0 Å². The van der Waals surface area contributed by atoms with Gasteiger partial charge in [0.2, 0.25) is 0 Å². The minimum absolute atomic E-state index is 0.105. The molecule has 0 aliphatic heterocycles. The van der Waals surface area contributed by atoms with E-state index in [0.29, 0.717) is 5.56 Å². The third-order valence-electron chi connectivity index (χ3n) is 2.35. The van der Waals surface area contributed by atoms with Crippen molar-refractivity contribution in [2.24, 2.45) is 0 Å². The molecule has 6 nitrogen and oxygen atoms in total. The Morgan fingerprint density at radius 3 is 2.72 bits per heavy atom. The van der Waals surface area contributed by atoms with Gasteiger partial charge in [-0.25, -0.2) is 12.8 Å². The van der Waals surface area contributed by atoms with Gasteiger partial charge in [-0.1, -0.05) is 0 Å². The molecule has 1 aromatic heterocycles. The van der Waals surface area contributed by atoms with E-state index in [1.165, 1.54) is 18.3 Å². The van der Waals surface area contributed by atoms with Crippen LogP contribution in [0, 0.1) is 12.7 Å². The molecule has 0 saturated heterocycles. The minimum Gasteiger partial charge on any atom is -0.396 e. The summed E-state index contributed by atoms with van der Waals surface area (Å²) in [5.74, 6) is -0.536. The first-order chi connectivity index (χ1) is 8.40. The van der Waals surface area contributed by atoms with Crippen molar-refractivity contribution in [3.63, 3.8) is 0 Å². The van der Waals surface area contributed by atoms with Crippen molar-refractivity contribution in [1.82, 2.24) is 10.2 Å². The van der Waals surface area contributed by atoms with Gasteiger partial charge in [0.15, 0.2) is 0 Å². The Morgan fingerprint density at radius 1 is 1.44 bits per heavy atom. The van der Waals surface area contributed by atoms with Crippen molar-refractivity contribution in [3.8, 4) is 0 Å². The molecule has 0 amide bonds. The normalized spacial score (nSPS) is 11.4. The lowest BCUT2D eigenvalue weighted by molar-refractivity contribution is 0.596. The van der Waals surface area contributed by atoms with Crippen LogP contribution in [0.2, 0.25) is 0 Å². The summed E-state index contributed by atoms with van der Waals surface area (Å²) in [6.45, 7) is 1.69. The number of aryl methyl sites for hydroxylation is 1. The molecule has 0 unspecified atom stereocenters. The quantitative estimate of drug-likeness (QED) is 0.730. The zero-order valence-electron chi connectivity index (χ0n) is 9.44. The van der Waals surface area contributed by atoms with Crippen molar-refractivity contribution in [2.75, 3.05) is 10.5 Å². The number of halogens is 1. The molecule has 18 heavy (non-hydrogen) atoms. The van der Waals surface area contributed by atoms with Crippen molar-refractivity contribution in [1.29, 1.82) is 0 Å². The first-order valence-electron chi connectivity index (χ1n) is 4.98. The number of sulfonamides is 1. The molecular formula is C10H11FN4O2S. The lowest BCUT2D eigenvalue weighted by atomic mass is 10.3. The standard InChI is InChI=1S/C10H11FN4O2S/c1-6-5-13-14-10(6)15-18(16,17)7-2-3-9(12)8(11)4-7/h2-5H,12H2,1H3,(H2,13,14,15). The average molecular weight is 270 g/mol. The molecule has 0 radical (unpaired) electrons. The Kier molecular flexibility index (Phi) is 2.95. The Bertz CT molecular complexity index is 681. The molecule has 96 valence electrons. The SMILES string of the molecule is Cc1cn[nH]c1NS(=O)(=O)c1ccc(N)c(F)c1. The van der Waals surface area contributed by atoms with Crippen molar-refractivity contribution in [3.05, 3.63) is 35.8 Å². The van der Waals surface area contributed by atoms with Gasteiger partial charge in [0.1, 0.15) is 11.6 Å². The number of H-pyrrole nitrogens is 1. The van der Waals surface area contributed by atoms with E-state index in [9.17, 15) is 12.8 Å². The maximum absolute atomic E-state index is 13.2. The van der Waals surface area contributed by atoms with Gasteiger partial charge in [-0.05, 0) is 25.1 Å². The maximum atomic E-state index is 13.2. The van der Waals surface area contributed by atoms with E-state index < -0.39 is 15.8 Å². The average Bonchev–Trinajstić information content (AvgIpc) is 2.67. The van der Waals surface area contributed by atoms with E-state index in [4.69, 9.17) is 5.73 Å². The number of rotatable bonds is 3. The lowest BCUT2D eigenvalue weighted by Gasteiger charge is -2.07. The molecule has 1 aromatic carbocycles. The summed E-state index contributed by atoms with van der Waals surface area (Å²) in [5, 5.41) is 6.18. The minimum atomic E-state index is -3.86. The van der Waals surface area contributed by atoms with Crippen LogP contribution in [-0.4, -0.2) is 18.6 Å². The summed E-state index contributed by atoms with van der Waals surface area (Å²) in [7, 11) is -3.86. The monoisotopic (exact) mass is 270 g/mol. The molecule has 0 saturated carbocycles. The van der Waals surface area contributed by atoms with Gasteiger partial charge in [-0.2, -0.15) is 5.10 Å². The predicted molar refractivity (Wildman–Crippen MR) is 64.9 cm³/mol. The number of anilines is 2. The van der Waals surface area contributed by atoms with Crippen LogP contribution in [0.5, 0.6) is 0 Å². The Labute approximate surface area is 103 Å². The van der Waals surface area contributed by atoms with Crippen LogP contribution in [0.1, 0.15) is 5.56 Å². The van der Waals surface area contributed by atoms with Gasteiger partial charge >= 0.3 is 0 Å². The third-order valence-corrected chi connectivity index (χ3v) is 3.69. The summed E-state index contributed by atoms with van der Waals surface area (Å²) in [6, 6.07) is 3.29. The molecule has 8 heteroatoms. The van der Waals surface area contributed by atoms with Crippen molar-refractivity contribution in [2.45, 2.75) is 11.8 Å². The number of hydrogen-bond acceptors (Lipinski definition) is 4. The summed E-state index contributed by atoms with van der Waals surface area (Å²) >= 11 is 0. The molecule has 2 aromatic rings. The van der Waals surface area contributed by atoms with E-state index in [0.717, 1.165) is 6.07 Å². The number of nitrogen functional groups attached to an aromatic ring is 1. The second-order valence-corrected chi connectivity index (χ2v) is 5.40. The molecule has 0 spiro atoms. The van der Waals surface area contributed by atoms with Crippen molar-refractivity contribution >= 4 is 21.5 Å². The Hall–Kier alpha value is -2.09. The zero-order chi connectivity index (χ0) is 13.3. The van der Waals surface area contributed by atoms with Crippen LogP contribution < -0.4 is 10.5 Å². The number of nitrogens with two attached hydrogens (primary N) is 1. The van der Waals surface area contributed by atoms with E-state index in [1.54, 1.807) is 6.92 Å². The Balaban J connectivity index is 2.37. The van der Waals surface area contributed by atoms with Gasteiger partial charge in [0.05, 0.1) is 16.8 Å². The number of aromatic amines is 1. The fourth-order valence-electron chi connectivity index (χ4n) is 1.32. The van der Waals surface area contributed by atoms with Crippen LogP contribution in [0.15, 0.2) is 29.3 Å². The maximum Gasteiger partial charge on any atom is 0.263 e. The van der Waals surface area contributed by atoms with Gasteiger partial charge in [-0.15, -0.1) is 0 Å². The van der Waals surface area contributed by atoms with Gasteiger partial charge in [0.25, 0.3) is 10.0 Å². The van der Waals surface area contributed by atoms with Crippen LogP contribution in [0.4, 0.5) is 15.9 Å². The predicted octanol–water partition coefficient (Wildman–Crippen LogP) is 1.24. The molecule has 4 N–H and O–H groups in total. The van der Waals surface area contributed by atoms with Crippen LogP contribution in [0.3, 0.4) is 0 Å². The summed E-state index contributed by atoms with van der Waals surface area (Å²) in [4.78, 5) is -0.205. The number of nitrogens with zero attached hydrogens (tertiary/aromatic N) is 1. The summed E-state index contributed by atoms with van der Waals surface area (Å²) in [5.41, 5.74) is 5.81. The highest BCUT2D eigenvalue weighted by atomic mass is 32.2. The number of benzene rings is 1. The molecule has 1 heterocycles. The highest BCUT2D eigenvalue weighted by molar-refractivity contribution is 7.92. The number of hydrogen-bond donors (Lipinski definition) is 3. The lowest BCUT2D eigenvalue weighted by Crippen LogP contribution is -2.14. The third kappa shape index (κ3) is 2.28. The topological polar surface area (TPSA) is 101 Å². The van der Waals surface area contributed by atoms with E-state index >= 15 is 0 Å². The second-order valence-electron chi connectivity index (χ2n) is 3.72. The smallest absolute Gasteiger partial charge is 0.263 e. The first kappa shape index (κ1) is 12.4. The molecule has 0 aliphatic rings.